The Morgan fingerprint density at radius 1 is 0.902 bits per heavy atom. The minimum absolute atomic E-state index is 0.0449. The van der Waals surface area contributed by atoms with Crippen LogP contribution in [0.25, 0.3) is 16.5 Å². The Morgan fingerprint density at radius 2 is 1.71 bits per heavy atom. The Morgan fingerprint density at radius 3 is 2.61 bits per heavy atom. The lowest BCUT2D eigenvalue weighted by Gasteiger charge is -2.29. The van der Waals surface area contributed by atoms with E-state index in [0.717, 1.165) is 46.1 Å². The third kappa shape index (κ3) is 5.47. The van der Waals surface area contributed by atoms with Crippen molar-refractivity contribution in [3.05, 3.63) is 113 Å². The lowest BCUT2D eigenvalue weighted by atomic mass is 10.0. The largest absolute Gasteiger partial charge is 0.345 e. The molecule has 1 aliphatic heterocycles. The minimum atomic E-state index is -0.176. The van der Waals surface area contributed by atoms with Gasteiger partial charge in [-0.15, -0.1) is 10.2 Å². The zero-order chi connectivity index (χ0) is 28.3. The summed E-state index contributed by atoms with van der Waals surface area (Å²) < 4.78 is 1.97. The van der Waals surface area contributed by atoms with Crippen LogP contribution in [0.15, 0.2) is 90.1 Å². The van der Waals surface area contributed by atoms with E-state index in [0.29, 0.717) is 23.1 Å². The monoisotopic (exact) mass is 561 g/mol. The number of rotatable bonds is 7. The molecule has 0 atom stereocenters. The van der Waals surface area contributed by atoms with Gasteiger partial charge in [-0.2, -0.15) is 0 Å². The fraction of sp³-hybridized carbons (Fsp3) is 0.212. The maximum Gasteiger partial charge on any atom is 0.252 e. The van der Waals surface area contributed by atoms with Crippen molar-refractivity contribution in [1.82, 2.24) is 20.1 Å². The topological polar surface area (TPSA) is 80.1 Å². The quantitative estimate of drug-likeness (QED) is 0.245. The van der Waals surface area contributed by atoms with Gasteiger partial charge in [-0.1, -0.05) is 78.5 Å². The van der Waals surface area contributed by atoms with Crippen LogP contribution in [0.3, 0.4) is 0 Å². The van der Waals surface area contributed by atoms with Gasteiger partial charge in [0, 0.05) is 17.8 Å². The molecular formula is C33H31N5O2S. The van der Waals surface area contributed by atoms with Gasteiger partial charge in [0.2, 0.25) is 5.91 Å². The predicted octanol–water partition coefficient (Wildman–Crippen LogP) is 6.04. The first kappa shape index (κ1) is 26.8. The average Bonchev–Trinajstić information content (AvgIpc) is 3.41. The first-order valence-corrected chi connectivity index (χ1v) is 14.8. The molecule has 41 heavy (non-hydrogen) atoms. The second-order valence-corrected chi connectivity index (χ2v) is 11.2. The highest BCUT2D eigenvalue weighted by molar-refractivity contribution is 7.99. The number of aromatic nitrogens is 3. The van der Waals surface area contributed by atoms with Crippen molar-refractivity contribution in [3.8, 4) is 5.69 Å². The molecule has 0 radical (unpaired) electrons. The SMILES string of the molecule is Cc1ccc(C)c(-n2c(CNC(=O)c3cccc4ccccc34)nnc2SCC(=O)N2CCCc3ccccc32)c1. The number of carbonyl (C=O) groups is 2. The summed E-state index contributed by atoms with van der Waals surface area (Å²) in [4.78, 5) is 28.5. The average molecular weight is 562 g/mol. The van der Waals surface area contributed by atoms with Crippen molar-refractivity contribution in [3.63, 3.8) is 0 Å². The van der Waals surface area contributed by atoms with Crippen LogP contribution in [0, 0.1) is 13.8 Å². The number of carbonyl (C=O) groups excluding carboxylic acids is 2. The number of thioether (sulfide) groups is 1. The van der Waals surface area contributed by atoms with E-state index in [1.54, 1.807) is 0 Å². The van der Waals surface area contributed by atoms with E-state index in [1.165, 1.54) is 17.3 Å². The molecule has 0 unspecified atom stereocenters. The van der Waals surface area contributed by atoms with E-state index < -0.39 is 0 Å². The summed E-state index contributed by atoms with van der Waals surface area (Å²) >= 11 is 1.37. The maximum absolute atomic E-state index is 13.4. The van der Waals surface area contributed by atoms with E-state index in [-0.39, 0.29) is 24.1 Å². The van der Waals surface area contributed by atoms with E-state index in [4.69, 9.17) is 0 Å². The first-order chi connectivity index (χ1) is 20.0. The Kier molecular flexibility index (Phi) is 7.57. The second kappa shape index (κ2) is 11.6. The van der Waals surface area contributed by atoms with Crippen LogP contribution in [0.4, 0.5) is 5.69 Å². The fourth-order valence-electron chi connectivity index (χ4n) is 5.39. The number of nitrogens with zero attached hydrogens (tertiary/aromatic N) is 4. The van der Waals surface area contributed by atoms with Gasteiger partial charge < -0.3 is 10.2 Å². The molecular weight excluding hydrogens is 530 g/mol. The summed E-state index contributed by atoms with van der Waals surface area (Å²) in [5, 5.41) is 14.5. The van der Waals surface area contributed by atoms with Crippen LogP contribution in [0.5, 0.6) is 0 Å². The third-order valence-electron chi connectivity index (χ3n) is 7.48. The summed E-state index contributed by atoms with van der Waals surface area (Å²) in [7, 11) is 0. The molecule has 0 aliphatic carbocycles. The van der Waals surface area contributed by atoms with Crippen molar-refractivity contribution in [2.45, 2.75) is 38.4 Å². The van der Waals surface area contributed by atoms with Gasteiger partial charge in [-0.25, -0.2) is 0 Å². The lowest BCUT2D eigenvalue weighted by molar-refractivity contribution is -0.116. The molecule has 1 aromatic heterocycles. The summed E-state index contributed by atoms with van der Waals surface area (Å²) in [6, 6.07) is 27.9. The Labute approximate surface area is 243 Å². The number of anilines is 1. The smallest absolute Gasteiger partial charge is 0.252 e. The molecule has 6 rings (SSSR count). The Bertz CT molecular complexity index is 1760. The van der Waals surface area contributed by atoms with E-state index in [9.17, 15) is 9.59 Å². The summed E-state index contributed by atoms with van der Waals surface area (Å²) in [6.07, 6.45) is 1.94. The minimum Gasteiger partial charge on any atom is -0.345 e. The van der Waals surface area contributed by atoms with Gasteiger partial charge in [0.1, 0.15) is 0 Å². The molecule has 1 N–H and O–H groups in total. The normalized spacial score (nSPS) is 12.8. The van der Waals surface area contributed by atoms with E-state index >= 15 is 0 Å². The number of nitrogens with one attached hydrogen (secondary N) is 1. The van der Waals surface area contributed by atoms with Crippen molar-refractivity contribution in [1.29, 1.82) is 0 Å². The number of para-hydroxylation sites is 1. The van der Waals surface area contributed by atoms with Crippen molar-refractivity contribution in [2.24, 2.45) is 0 Å². The highest BCUT2D eigenvalue weighted by Gasteiger charge is 2.24. The van der Waals surface area contributed by atoms with Crippen LogP contribution >= 0.6 is 11.8 Å². The molecule has 8 heteroatoms. The Balaban J connectivity index is 1.26. The van der Waals surface area contributed by atoms with Crippen molar-refractivity contribution < 1.29 is 9.59 Å². The summed E-state index contributed by atoms with van der Waals surface area (Å²) in [6.45, 7) is 4.99. The number of hydrogen-bond donors (Lipinski definition) is 1. The molecule has 2 heterocycles. The number of amides is 2. The first-order valence-electron chi connectivity index (χ1n) is 13.8. The zero-order valence-electron chi connectivity index (χ0n) is 23.1. The van der Waals surface area contributed by atoms with Gasteiger partial charge in [0.15, 0.2) is 11.0 Å². The number of hydrogen-bond acceptors (Lipinski definition) is 5. The molecule has 4 aromatic carbocycles. The van der Waals surface area contributed by atoms with Gasteiger partial charge in [0.05, 0.1) is 18.0 Å². The number of aryl methyl sites for hydroxylation is 3. The standard InChI is InChI=1S/C33H31N5O2S/c1-22-16-17-23(2)29(19-22)38-30(20-34-32(40)27-14-7-11-24-9-3-5-13-26(24)27)35-36-33(38)41-21-31(39)37-18-8-12-25-10-4-6-15-28(25)37/h3-7,9-11,13-17,19H,8,12,18,20-21H2,1-2H3,(H,34,40). The molecule has 5 aromatic rings. The number of fused-ring (bicyclic) bond motifs is 2. The summed E-state index contributed by atoms with van der Waals surface area (Å²) in [5.41, 5.74) is 5.90. The highest BCUT2D eigenvalue weighted by atomic mass is 32.2. The Hall–Kier alpha value is -4.43. The molecule has 7 nitrogen and oxygen atoms in total. The molecule has 206 valence electrons. The van der Waals surface area contributed by atoms with Crippen LogP contribution in [-0.4, -0.2) is 38.9 Å². The third-order valence-corrected chi connectivity index (χ3v) is 8.40. The van der Waals surface area contributed by atoms with Crippen LogP contribution in [-0.2, 0) is 17.8 Å². The molecule has 1 aliphatic rings. The zero-order valence-corrected chi connectivity index (χ0v) is 23.9. The molecule has 0 saturated heterocycles. The predicted molar refractivity (Wildman–Crippen MR) is 164 cm³/mol. The van der Waals surface area contributed by atoms with Crippen LogP contribution < -0.4 is 10.2 Å². The molecule has 0 bridgehead atoms. The van der Waals surface area contributed by atoms with Gasteiger partial charge >= 0.3 is 0 Å². The second-order valence-electron chi connectivity index (χ2n) is 10.3. The van der Waals surface area contributed by atoms with E-state index in [1.807, 2.05) is 84.0 Å². The van der Waals surface area contributed by atoms with Crippen LogP contribution in [0.2, 0.25) is 0 Å². The number of benzene rings is 4. The van der Waals surface area contributed by atoms with Crippen LogP contribution in [0.1, 0.15) is 39.3 Å². The van der Waals surface area contributed by atoms with Crippen molar-refractivity contribution in [2.75, 3.05) is 17.2 Å². The van der Waals surface area contributed by atoms with E-state index in [2.05, 4.69) is 39.8 Å². The molecule has 2 amide bonds. The fourth-order valence-corrected chi connectivity index (χ4v) is 6.23. The van der Waals surface area contributed by atoms with Gasteiger partial charge in [-0.3, -0.25) is 14.2 Å². The summed E-state index contributed by atoms with van der Waals surface area (Å²) in [5.74, 6) is 0.708. The lowest BCUT2D eigenvalue weighted by Crippen LogP contribution is -2.36. The maximum atomic E-state index is 13.4. The molecule has 0 saturated carbocycles. The van der Waals surface area contributed by atoms with Gasteiger partial charge in [-0.05, 0) is 72.4 Å². The van der Waals surface area contributed by atoms with Gasteiger partial charge in [0.25, 0.3) is 5.91 Å². The van der Waals surface area contributed by atoms with Crippen molar-refractivity contribution >= 4 is 40.0 Å². The molecule has 0 spiro atoms. The highest BCUT2D eigenvalue weighted by Crippen LogP contribution is 2.30. The molecule has 0 fully saturated rings.